The van der Waals surface area contributed by atoms with Crippen LogP contribution < -0.4 is 5.32 Å². The van der Waals surface area contributed by atoms with E-state index in [-0.39, 0.29) is 11.9 Å². The third kappa shape index (κ3) is 3.37. The maximum absolute atomic E-state index is 13.1. The molecule has 1 atom stereocenters. The van der Waals surface area contributed by atoms with Crippen molar-refractivity contribution in [1.29, 1.82) is 0 Å². The summed E-state index contributed by atoms with van der Waals surface area (Å²) in [7, 11) is 0. The fourth-order valence-electron chi connectivity index (χ4n) is 1.69. The van der Waals surface area contributed by atoms with Crippen molar-refractivity contribution in [3.63, 3.8) is 0 Å². The second-order valence-electron chi connectivity index (χ2n) is 4.13. The molecule has 0 aliphatic heterocycles. The molecule has 0 radical (unpaired) electrons. The van der Waals surface area contributed by atoms with Gasteiger partial charge in [0.25, 0.3) is 0 Å². The summed E-state index contributed by atoms with van der Waals surface area (Å²) in [6.07, 6.45) is 3.56. The molecule has 1 aromatic heterocycles. The van der Waals surface area contributed by atoms with Gasteiger partial charge in [-0.1, -0.05) is 6.07 Å². The van der Waals surface area contributed by atoms with E-state index in [1.54, 1.807) is 24.5 Å². The minimum atomic E-state index is -0.235. The summed E-state index contributed by atoms with van der Waals surface area (Å²) in [5, 5.41) is 3.39. The van der Waals surface area contributed by atoms with Crippen LogP contribution in [0.5, 0.6) is 0 Å². The Kier molecular flexibility index (Phi) is 4.44. The fraction of sp³-hybridized carbons (Fsp3) is 0.214. The number of rotatable bonds is 4. The topological polar surface area (TPSA) is 24.9 Å². The number of hydrogen-bond acceptors (Lipinski definition) is 2. The molecule has 0 unspecified atom stereocenters. The van der Waals surface area contributed by atoms with Crippen LogP contribution >= 0.6 is 15.9 Å². The fourth-order valence-corrected chi connectivity index (χ4v) is 2.12. The van der Waals surface area contributed by atoms with Crippen LogP contribution in [0, 0.1) is 5.82 Å². The molecule has 0 spiro atoms. The van der Waals surface area contributed by atoms with E-state index in [0.29, 0.717) is 11.0 Å². The summed E-state index contributed by atoms with van der Waals surface area (Å²) in [6, 6.07) is 9.25. The number of nitrogens with one attached hydrogen (secondary N) is 1. The first-order valence-corrected chi connectivity index (χ1v) is 6.53. The molecule has 4 heteroatoms. The van der Waals surface area contributed by atoms with E-state index in [2.05, 4.69) is 33.2 Å². The number of pyridine rings is 1. The number of nitrogens with zero attached hydrogens (tertiary/aromatic N) is 1. The third-order valence-electron chi connectivity index (χ3n) is 2.80. The third-order valence-corrected chi connectivity index (χ3v) is 3.41. The average molecular weight is 309 g/mol. The smallest absolute Gasteiger partial charge is 0.137 e. The number of halogens is 2. The molecule has 0 aliphatic rings. The lowest BCUT2D eigenvalue weighted by Crippen LogP contribution is -2.18. The van der Waals surface area contributed by atoms with Crippen molar-refractivity contribution in [3.8, 4) is 0 Å². The molecule has 0 saturated heterocycles. The predicted octanol–water partition coefficient (Wildman–Crippen LogP) is 3.83. The maximum atomic E-state index is 13.1. The minimum absolute atomic E-state index is 0.233. The van der Waals surface area contributed by atoms with E-state index in [1.165, 1.54) is 11.6 Å². The quantitative estimate of drug-likeness (QED) is 0.928. The van der Waals surface area contributed by atoms with Crippen molar-refractivity contribution in [1.82, 2.24) is 10.3 Å². The Morgan fingerprint density at radius 3 is 2.67 bits per heavy atom. The van der Waals surface area contributed by atoms with Crippen LogP contribution in [0.15, 0.2) is 47.2 Å². The summed E-state index contributed by atoms with van der Waals surface area (Å²) in [5.74, 6) is -0.235. The van der Waals surface area contributed by atoms with Crippen LogP contribution in [0.3, 0.4) is 0 Å². The van der Waals surface area contributed by atoms with Crippen molar-refractivity contribution in [2.45, 2.75) is 19.5 Å². The van der Waals surface area contributed by atoms with Crippen LogP contribution in [-0.4, -0.2) is 4.98 Å². The summed E-state index contributed by atoms with van der Waals surface area (Å²) >= 11 is 3.19. The van der Waals surface area contributed by atoms with Gasteiger partial charge in [0.05, 0.1) is 4.47 Å². The van der Waals surface area contributed by atoms with Gasteiger partial charge in [-0.05, 0) is 58.2 Å². The maximum Gasteiger partial charge on any atom is 0.137 e. The van der Waals surface area contributed by atoms with Gasteiger partial charge in [0, 0.05) is 25.0 Å². The molecule has 0 amide bonds. The molecule has 2 aromatic rings. The molecule has 1 N–H and O–H groups in total. The highest BCUT2D eigenvalue weighted by Crippen LogP contribution is 2.18. The van der Waals surface area contributed by atoms with Crippen LogP contribution in [0.4, 0.5) is 4.39 Å². The van der Waals surface area contributed by atoms with Gasteiger partial charge in [0.2, 0.25) is 0 Å². The number of benzene rings is 1. The van der Waals surface area contributed by atoms with Crippen molar-refractivity contribution < 1.29 is 4.39 Å². The van der Waals surface area contributed by atoms with Crippen LogP contribution in [0.25, 0.3) is 0 Å². The van der Waals surface area contributed by atoms with E-state index >= 15 is 0 Å². The molecule has 0 fully saturated rings. The van der Waals surface area contributed by atoms with Crippen LogP contribution in [-0.2, 0) is 6.54 Å². The molecule has 94 valence electrons. The highest BCUT2D eigenvalue weighted by Gasteiger charge is 2.05. The minimum Gasteiger partial charge on any atom is -0.306 e. The summed E-state index contributed by atoms with van der Waals surface area (Å²) in [5.41, 5.74) is 2.23. The lowest BCUT2D eigenvalue weighted by Gasteiger charge is -2.14. The summed E-state index contributed by atoms with van der Waals surface area (Å²) in [4.78, 5) is 3.99. The molecular formula is C14H14BrFN2. The normalized spacial score (nSPS) is 12.4. The van der Waals surface area contributed by atoms with E-state index in [0.717, 1.165) is 5.56 Å². The van der Waals surface area contributed by atoms with E-state index in [9.17, 15) is 4.39 Å². The Bertz CT molecular complexity index is 516. The van der Waals surface area contributed by atoms with Gasteiger partial charge in [-0.25, -0.2) is 4.39 Å². The second-order valence-corrected chi connectivity index (χ2v) is 4.99. The van der Waals surface area contributed by atoms with Crippen molar-refractivity contribution in [2.75, 3.05) is 0 Å². The Morgan fingerprint density at radius 1 is 1.28 bits per heavy atom. The Labute approximate surface area is 114 Å². The molecule has 0 aliphatic carbocycles. The van der Waals surface area contributed by atoms with Crippen molar-refractivity contribution >= 4 is 15.9 Å². The van der Waals surface area contributed by atoms with Gasteiger partial charge < -0.3 is 5.32 Å². The van der Waals surface area contributed by atoms with E-state index in [1.807, 2.05) is 12.1 Å². The zero-order valence-corrected chi connectivity index (χ0v) is 11.6. The Hall–Kier alpha value is -1.26. The second kappa shape index (κ2) is 6.07. The molecule has 1 aromatic carbocycles. The molecule has 2 rings (SSSR count). The van der Waals surface area contributed by atoms with Gasteiger partial charge in [0.1, 0.15) is 5.82 Å². The monoisotopic (exact) mass is 308 g/mol. The molecule has 0 bridgehead atoms. The first kappa shape index (κ1) is 13.2. The molecular weight excluding hydrogens is 295 g/mol. The first-order valence-electron chi connectivity index (χ1n) is 5.74. The van der Waals surface area contributed by atoms with Gasteiger partial charge in [-0.15, -0.1) is 0 Å². The summed E-state index contributed by atoms with van der Waals surface area (Å²) in [6.45, 7) is 2.79. The van der Waals surface area contributed by atoms with Crippen molar-refractivity contribution in [3.05, 3.63) is 64.1 Å². The van der Waals surface area contributed by atoms with Gasteiger partial charge in [-0.2, -0.15) is 0 Å². The molecule has 1 heterocycles. The standard InChI is InChI=1S/C14H14BrFN2/c1-10(12-4-6-17-7-5-12)18-9-11-2-3-14(16)13(15)8-11/h2-8,10,18H,9H2,1H3/t10-/m1/s1. The molecule has 0 saturated carbocycles. The Balaban J connectivity index is 1.97. The number of hydrogen-bond donors (Lipinski definition) is 1. The van der Waals surface area contributed by atoms with Crippen LogP contribution in [0.1, 0.15) is 24.1 Å². The van der Waals surface area contributed by atoms with E-state index in [4.69, 9.17) is 0 Å². The zero-order valence-electron chi connectivity index (χ0n) is 10.0. The molecule has 2 nitrogen and oxygen atoms in total. The highest BCUT2D eigenvalue weighted by molar-refractivity contribution is 9.10. The SMILES string of the molecule is C[C@@H](NCc1ccc(F)c(Br)c1)c1ccncc1. The van der Waals surface area contributed by atoms with Gasteiger partial charge >= 0.3 is 0 Å². The average Bonchev–Trinajstić information content (AvgIpc) is 2.41. The Morgan fingerprint density at radius 2 is 2.00 bits per heavy atom. The van der Waals surface area contributed by atoms with Gasteiger partial charge in [0.15, 0.2) is 0 Å². The van der Waals surface area contributed by atoms with Crippen molar-refractivity contribution in [2.24, 2.45) is 0 Å². The molecule has 18 heavy (non-hydrogen) atoms. The summed E-state index contributed by atoms with van der Waals surface area (Å²) < 4.78 is 13.6. The lowest BCUT2D eigenvalue weighted by molar-refractivity contribution is 0.571. The first-order chi connectivity index (χ1) is 8.66. The van der Waals surface area contributed by atoms with Gasteiger partial charge in [-0.3, -0.25) is 4.98 Å². The predicted molar refractivity (Wildman–Crippen MR) is 73.6 cm³/mol. The zero-order chi connectivity index (χ0) is 13.0. The van der Waals surface area contributed by atoms with Crippen LogP contribution in [0.2, 0.25) is 0 Å². The largest absolute Gasteiger partial charge is 0.306 e. The van der Waals surface area contributed by atoms with E-state index < -0.39 is 0 Å². The highest BCUT2D eigenvalue weighted by atomic mass is 79.9. The lowest BCUT2D eigenvalue weighted by atomic mass is 10.1. The number of aromatic nitrogens is 1.